The van der Waals surface area contributed by atoms with E-state index in [4.69, 9.17) is 4.74 Å². The predicted octanol–water partition coefficient (Wildman–Crippen LogP) is 1.89. The molecule has 96 valence electrons. The second-order valence-electron chi connectivity index (χ2n) is 6.04. The fourth-order valence-electron chi connectivity index (χ4n) is 2.01. The van der Waals surface area contributed by atoms with Gasteiger partial charge in [0.2, 0.25) is 0 Å². The Morgan fingerprint density at radius 1 is 1.44 bits per heavy atom. The molecule has 0 aromatic rings. The maximum Gasteiger partial charge on any atom is 0.0715 e. The SMILES string of the molecule is CCC1COC(C)CN1CC(O)C(C)(C)C. The van der Waals surface area contributed by atoms with Gasteiger partial charge in [-0.1, -0.05) is 27.7 Å². The summed E-state index contributed by atoms with van der Waals surface area (Å²) in [7, 11) is 0. The van der Waals surface area contributed by atoms with Crippen LogP contribution in [0.2, 0.25) is 0 Å². The zero-order valence-corrected chi connectivity index (χ0v) is 11.4. The number of hydrogen-bond donors (Lipinski definition) is 1. The standard InChI is InChI=1S/C13H27NO2/c1-6-11-9-16-10(2)7-14(11)8-12(15)13(3,4)5/h10-12,15H,6-9H2,1-5H3. The molecule has 0 spiro atoms. The molecule has 3 nitrogen and oxygen atoms in total. The summed E-state index contributed by atoms with van der Waals surface area (Å²) in [5, 5.41) is 10.2. The van der Waals surface area contributed by atoms with E-state index in [9.17, 15) is 5.11 Å². The molecule has 16 heavy (non-hydrogen) atoms. The van der Waals surface area contributed by atoms with Crippen LogP contribution < -0.4 is 0 Å². The minimum atomic E-state index is -0.271. The molecule has 0 amide bonds. The number of morpholine rings is 1. The normalized spacial score (nSPS) is 30.4. The molecule has 1 saturated heterocycles. The van der Waals surface area contributed by atoms with Crippen molar-refractivity contribution < 1.29 is 9.84 Å². The van der Waals surface area contributed by atoms with Gasteiger partial charge in [-0.05, 0) is 18.8 Å². The van der Waals surface area contributed by atoms with Crippen molar-refractivity contribution in [3.63, 3.8) is 0 Å². The summed E-state index contributed by atoms with van der Waals surface area (Å²) < 4.78 is 5.66. The molecule has 1 rings (SSSR count). The van der Waals surface area contributed by atoms with Crippen LogP contribution in [-0.4, -0.2) is 48.0 Å². The molecule has 0 saturated carbocycles. The van der Waals surface area contributed by atoms with Gasteiger partial charge >= 0.3 is 0 Å². The maximum atomic E-state index is 10.2. The lowest BCUT2D eigenvalue weighted by molar-refractivity contribution is -0.0789. The van der Waals surface area contributed by atoms with E-state index in [1.54, 1.807) is 0 Å². The zero-order chi connectivity index (χ0) is 12.3. The van der Waals surface area contributed by atoms with Gasteiger partial charge in [0, 0.05) is 19.1 Å². The minimum absolute atomic E-state index is 0.0418. The van der Waals surface area contributed by atoms with Crippen LogP contribution in [0.3, 0.4) is 0 Å². The quantitative estimate of drug-likeness (QED) is 0.802. The van der Waals surface area contributed by atoms with Crippen molar-refractivity contribution in [2.75, 3.05) is 19.7 Å². The van der Waals surface area contributed by atoms with Crippen LogP contribution in [0.1, 0.15) is 41.0 Å². The monoisotopic (exact) mass is 229 g/mol. The van der Waals surface area contributed by atoms with Crippen LogP contribution in [0, 0.1) is 5.41 Å². The van der Waals surface area contributed by atoms with Crippen molar-refractivity contribution in [1.29, 1.82) is 0 Å². The first-order valence-corrected chi connectivity index (χ1v) is 6.38. The molecule has 1 aliphatic heterocycles. The van der Waals surface area contributed by atoms with Crippen LogP contribution >= 0.6 is 0 Å². The average molecular weight is 229 g/mol. The Kier molecular flexibility index (Phi) is 4.77. The molecule has 1 fully saturated rings. The first-order chi connectivity index (χ1) is 7.34. The summed E-state index contributed by atoms with van der Waals surface area (Å²) >= 11 is 0. The third-order valence-corrected chi connectivity index (χ3v) is 3.46. The largest absolute Gasteiger partial charge is 0.391 e. The Balaban J connectivity index is 2.55. The van der Waals surface area contributed by atoms with E-state index in [1.165, 1.54) is 0 Å². The van der Waals surface area contributed by atoms with E-state index in [-0.39, 0.29) is 17.6 Å². The smallest absolute Gasteiger partial charge is 0.0715 e. The van der Waals surface area contributed by atoms with E-state index in [1.807, 2.05) is 0 Å². The molecule has 0 aromatic carbocycles. The first kappa shape index (κ1) is 13.9. The molecule has 0 radical (unpaired) electrons. The molecule has 3 atom stereocenters. The van der Waals surface area contributed by atoms with Gasteiger partial charge in [0.25, 0.3) is 0 Å². The van der Waals surface area contributed by atoms with Crippen molar-refractivity contribution in [2.24, 2.45) is 5.41 Å². The highest BCUT2D eigenvalue weighted by Crippen LogP contribution is 2.22. The number of nitrogens with zero attached hydrogens (tertiary/aromatic N) is 1. The summed E-state index contributed by atoms with van der Waals surface area (Å²) in [5.41, 5.74) is -0.0418. The Morgan fingerprint density at radius 2 is 2.06 bits per heavy atom. The van der Waals surface area contributed by atoms with Gasteiger partial charge in [0.1, 0.15) is 0 Å². The highest BCUT2D eigenvalue weighted by molar-refractivity contribution is 4.83. The Hall–Kier alpha value is -0.120. The van der Waals surface area contributed by atoms with Gasteiger partial charge in [-0.3, -0.25) is 4.90 Å². The third-order valence-electron chi connectivity index (χ3n) is 3.46. The topological polar surface area (TPSA) is 32.7 Å². The third kappa shape index (κ3) is 3.72. The number of ether oxygens (including phenoxy) is 1. The molecule has 1 heterocycles. The lowest BCUT2D eigenvalue weighted by Gasteiger charge is -2.41. The summed E-state index contributed by atoms with van der Waals surface area (Å²) in [6.07, 6.45) is 1.10. The lowest BCUT2D eigenvalue weighted by atomic mass is 9.88. The van der Waals surface area contributed by atoms with E-state index < -0.39 is 0 Å². The minimum Gasteiger partial charge on any atom is -0.391 e. The van der Waals surface area contributed by atoms with Crippen LogP contribution in [0.15, 0.2) is 0 Å². The number of hydrogen-bond acceptors (Lipinski definition) is 3. The Labute approximate surface area is 99.8 Å². The van der Waals surface area contributed by atoms with E-state index in [0.29, 0.717) is 6.04 Å². The maximum absolute atomic E-state index is 10.2. The lowest BCUT2D eigenvalue weighted by Crippen LogP contribution is -2.52. The van der Waals surface area contributed by atoms with E-state index in [2.05, 4.69) is 39.5 Å². The second-order valence-corrected chi connectivity index (χ2v) is 6.04. The van der Waals surface area contributed by atoms with Crippen LogP contribution in [0.5, 0.6) is 0 Å². The van der Waals surface area contributed by atoms with Crippen molar-refractivity contribution in [2.45, 2.75) is 59.3 Å². The highest BCUT2D eigenvalue weighted by Gasteiger charge is 2.30. The van der Waals surface area contributed by atoms with Crippen LogP contribution in [0.4, 0.5) is 0 Å². The van der Waals surface area contributed by atoms with E-state index >= 15 is 0 Å². The number of β-amino-alcohol motifs (C(OH)–C–C–N with tert-alkyl or cyclic N) is 1. The summed E-state index contributed by atoms with van der Waals surface area (Å²) in [6, 6.07) is 0.466. The molecule has 3 unspecified atom stereocenters. The number of rotatable bonds is 3. The van der Waals surface area contributed by atoms with Crippen LogP contribution in [0.25, 0.3) is 0 Å². The molecule has 1 aliphatic rings. The number of aliphatic hydroxyl groups is 1. The van der Waals surface area contributed by atoms with E-state index in [0.717, 1.165) is 26.1 Å². The molecule has 3 heteroatoms. The Bertz CT molecular complexity index is 212. The van der Waals surface area contributed by atoms with Gasteiger partial charge in [0.05, 0.1) is 18.8 Å². The highest BCUT2D eigenvalue weighted by atomic mass is 16.5. The molecule has 0 aliphatic carbocycles. The van der Waals surface area contributed by atoms with Crippen molar-refractivity contribution >= 4 is 0 Å². The van der Waals surface area contributed by atoms with Gasteiger partial charge in [-0.25, -0.2) is 0 Å². The molecule has 1 N–H and O–H groups in total. The van der Waals surface area contributed by atoms with Crippen molar-refractivity contribution in [3.05, 3.63) is 0 Å². The average Bonchev–Trinajstić information content (AvgIpc) is 2.16. The predicted molar refractivity (Wildman–Crippen MR) is 66.5 cm³/mol. The van der Waals surface area contributed by atoms with Crippen molar-refractivity contribution in [1.82, 2.24) is 4.90 Å². The summed E-state index contributed by atoms with van der Waals surface area (Å²) in [4.78, 5) is 2.38. The molecule has 0 bridgehead atoms. The molecular weight excluding hydrogens is 202 g/mol. The molecular formula is C13H27NO2. The van der Waals surface area contributed by atoms with Gasteiger partial charge in [0.15, 0.2) is 0 Å². The second kappa shape index (κ2) is 5.48. The fraction of sp³-hybridized carbons (Fsp3) is 1.00. The zero-order valence-electron chi connectivity index (χ0n) is 11.4. The van der Waals surface area contributed by atoms with Gasteiger partial charge < -0.3 is 9.84 Å². The van der Waals surface area contributed by atoms with Gasteiger partial charge in [-0.15, -0.1) is 0 Å². The number of aliphatic hydroxyl groups excluding tert-OH is 1. The fourth-order valence-corrected chi connectivity index (χ4v) is 2.01. The molecule has 0 aromatic heterocycles. The van der Waals surface area contributed by atoms with Crippen molar-refractivity contribution in [3.8, 4) is 0 Å². The Morgan fingerprint density at radius 3 is 2.56 bits per heavy atom. The summed E-state index contributed by atoms with van der Waals surface area (Å²) in [6.45, 7) is 13.0. The van der Waals surface area contributed by atoms with Gasteiger partial charge in [-0.2, -0.15) is 0 Å². The first-order valence-electron chi connectivity index (χ1n) is 6.38. The van der Waals surface area contributed by atoms with Crippen LogP contribution in [-0.2, 0) is 4.74 Å². The summed E-state index contributed by atoms with van der Waals surface area (Å²) in [5.74, 6) is 0.